The lowest BCUT2D eigenvalue weighted by Crippen LogP contribution is -2.23. The van der Waals surface area contributed by atoms with Gasteiger partial charge in [-0.3, -0.25) is 0 Å². The van der Waals surface area contributed by atoms with Crippen molar-refractivity contribution in [2.24, 2.45) is 0 Å². The number of hydrogen-bond donors (Lipinski definition) is 4. The molecule has 0 unspecified atom stereocenters. The van der Waals surface area contributed by atoms with Crippen LogP contribution in [0.25, 0.3) is 11.1 Å². The molecule has 0 amide bonds. The van der Waals surface area contributed by atoms with Crippen LogP contribution in [0.5, 0.6) is 5.75 Å². The van der Waals surface area contributed by atoms with Gasteiger partial charge in [-0.05, 0) is 68.1 Å². The van der Waals surface area contributed by atoms with Crippen molar-refractivity contribution in [1.82, 2.24) is 10.3 Å². The Morgan fingerprint density at radius 1 is 1.09 bits per heavy atom. The van der Waals surface area contributed by atoms with Gasteiger partial charge in [0, 0.05) is 18.3 Å². The number of hydrogen-bond acceptors (Lipinski definition) is 6. The van der Waals surface area contributed by atoms with Gasteiger partial charge in [0.05, 0.1) is 12.2 Å². The molecule has 5 N–H and O–H groups in total. The molecule has 174 valence electrons. The maximum Gasteiger partial charge on any atom is 0.339 e. The molecule has 0 radical (unpaired) electrons. The molecule has 0 saturated heterocycles. The van der Waals surface area contributed by atoms with E-state index in [0.29, 0.717) is 18.1 Å². The van der Waals surface area contributed by atoms with Crippen LogP contribution in [0.2, 0.25) is 0 Å². The number of aromatic nitrogens is 1. The lowest BCUT2D eigenvalue weighted by atomic mass is 10.0. The number of rotatable bonds is 11. The van der Waals surface area contributed by atoms with Crippen molar-refractivity contribution in [1.29, 1.82) is 0 Å². The first-order valence-electron chi connectivity index (χ1n) is 11.1. The van der Waals surface area contributed by atoms with Gasteiger partial charge >= 0.3 is 5.97 Å². The zero-order chi connectivity index (χ0) is 23.8. The van der Waals surface area contributed by atoms with Crippen molar-refractivity contribution in [3.05, 3.63) is 77.5 Å². The van der Waals surface area contributed by atoms with E-state index < -0.39 is 12.1 Å². The lowest BCUT2D eigenvalue weighted by molar-refractivity contribution is 0.0690. The Bertz CT molecular complexity index is 1050. The monoisotopic (exact) mass is 449 g/mol. The minimum absolute atomic E-state index is 0.112. The number of nitrogens with two attached hydrogens (primary N) is 1. The molecule has 0 aliphatic carbocycles. The fourth-order valence-electron chi connectivity index (χ4n) is 3.48. The number of aliphatic hydroxyl groups is 1. The van der Waals surface area contributed by atoms with Crippen molar-refractivity contribution >= 4 is 11.8 Å². The number of nitrogens with zero attached hydrogens (tertiary/aromatic N) is 1. The summed E-state index contributed by atoms with van der Waals surface area (Å²) in [7, 11) is 0. The van der Waals surface area contributed by atoms with Crippen LogP contribution >= 0.6 is 0 Å². The number of carboxylic acids is 1. The van der Waals surface area contributed by atoms with Gasteiger partial charge in [-0.25, -0.2) is 9.78 Å². The molecule has 33 heavy (non-hydrogen) atoms. The first kappa shape index (κ1) is 24.2. The first-order valence-corrected chi connectivity index (χ1v) is 11.1. The molecule has 7 nitrogen and oxygen atoms in total. The number of nitrogens with one attached hydrogen (secondary N) is 1. The maximum atomic E-state index is 11.5. The Kier molecular flexibility index (Phi) is 8.40. The van der Waals surface area contributed by atoms with E-state index in [1.54, 1.807) is 36.5 Å². The fourth-order valence-corrected chi connectivity index (χ4v) is 3.48. The number of ether oxygens (including phenoxy) is 1. The smallest absolute Gasteiger partial charge is 0.339 e. The van der Waals surface area contributed by atoms with Crippen LogP contribution in [0.1, 0.15) is 47.9 Å². The Balaban J connectivity index is 1.51. The second kappa shape index (κ2) is 11.4. The third-order valence-electron chi connectivity index (χ3n) is 5.21. The average molecular weight is 450 g/mol. The highest BCUT2D eigenvalue weighted by molar-refractivity contribution is 5.92. The summed E-state index contributed by atoms with van der Waals surface area (Å²) in [5.74, 6) is -0.188. The lowest BCUT2D eigenvalue weighted by Gasteiger charge is -2.14. The highest BCUT2D eigenvalue weighted by Gasteiger charge is 2.14. The van der Waals surface area contributed by atoms with E-state index in [9.17, 15) is 15.0 Å². The molecule has 1 aromatic heterocycles. The molecule has 3 aromatic rings. The molecule has 2 aromatic carbocycles. The molecule has 0 fully saturated rings. The molecular weight excluding hydrogens is 418 g/mol. The number of aliphatic hydroxyl groups excluding tert-OH is 1. The Morgan fingerprint density at radius 3 is 2.45 bits per heavy atom. The van der Waals surface area contributed by atoms with E-state index in [-0.39, 0.29) is 11.7 Å². The molecule has 0 aliphatic heterocycles. The van der Waals surface area contributed by atoms with Gasteiger partial charge in [0.2, 0.25) is 0 Å². The molecular formula is C26H31N3O4. The molecule has 3 rings (SSSR count). The number of nitrogen functional groups attached to an aromatic ring is 1. The zero-order valence-electron chi connectivity index (χ0n) is 19.0. The van der Waals surface area contributed by atoms with Crippen molar-refractivity contribution < 1.29 is 19.7 Å². The van der Waals surface area contributed by atoms with Crippen LogP contribution in [-0.2, 0) is 6.42 Å². The predicted octanol–water partition coefficient (Wildman–Crippen LogP) is 4.07. The summed E-state index contributed by atoms with van der Waals surface area (Å²) in [5.41, 5.74) is 9.60. The highest BCUT2D eigenvalue weighted by Crippen LogP contribution is 2.28. The summed E-state index contributed by atoms with van der Waals surface area (Å²) >= 11 is 0. The van der Waals surface area contributed by atoms with E-state index in [1.807, 2.05) is 26.0 Å². The second-order valence-corrected chi connectivity index (χ2v) is 8.22. The predicted molar refractivity (Wildman–Crippen MR) is 129 cm³/mol. The maximum absolute atomic E-state index is 11.5. The van der Waals surface area contributed by atoms with Crippen molar-refractivity contribution in [3.63, 3.8) is 0 Å². The number of benzene rings is 2. The normalized spacial score (nSPS) is 12.0. The van der Waals surface area contributed by atoms with Crippen LogP contribution in [0.3, 0.4) is 0 Å². The van der Waals surface area contributed by atoms with Crippen LogP contribution in [0.15, 0.2) is 60.8 Å². The summed E-state index contributed by atoms with van der Waals surface area (Å²) < 4.78 is 5.70. The van der Waals surface area contributed by atoms with Crippen LogP contribution in [0, 0.1) is 0 Å². The van der Waals surface area contributed by atoms with Crippen molar-refractivity contribution in [3.8, 4) is 16.9 Å². The van der Waals surface area contributed by atoms with Crippen molar-refractivity contribution in [2.75, 3.05) is 18.8 Å². The number of carbonyl (C=O) groups is 1. The molecule has 0 aliphatic rings. The van der Waals surface area contributed by atoms with E-state index in [4.69, 9.17) is 10.5 Å². The molecule has 1 heterocycles. The molecule has 0 bridgehead atoms. The van der Waals surface area contributed by atoms with E-state index in [2.05, 4.69) is 22.4 Å². The number of pyridine rings is 1. The van der Waals surface area contributed by atoms with Crippen molar-refractivity contribution in [2.45, 2.75) is 38.9 Å². The summed E-state index contributed by atoms with van der Waals surface area (Å²) in [4.78, 5) is 15.5. The number of aryl methyl sites for hydroxylation is 1. The van der Waals surface area contributed by atoms with Crippen LogP contribution < -0.4 is 15.8 Å². The fraction of sp³-hybridized carbons (Fsp3) is 0.308. The van der Waals surface area contributed by atoms with Gasteiger partial charge in [-0.1, -0.05) is 36.4 Å². The van der Waals surface area contributed by atoms with Gasteiger partial charge in [-0.2, -0.15) is 0 Å². The zero-order valence-corrected chi connectivity index (χ0v) is 19.0. The van der Waals surface area contributed by atoms with E-state index in [1.165, 1.54) is 5.56 Å². The van der Waals surface area contributed by atoms with Crippen LogP contribution in [-0.4, -0.2) is 40.4 Å². The number of anilines is 1. The average Bonchev–Trinajstić information content (AvgIpc) is 2.79. The van der Waals surface area contributed by atoms with Gasteiger partial charge in [0.25, 0.3) is 0 Å². The number of aromatic carboxylic acids is 1. The Morgan fingerprint density at radius 2 is 1.82 bits per heavy atom. The van der Waals surface area contributed by atoms with E-state index >= 15 is 0 Å². The minimum Gasteiger partial charge on any atom is -0.490 e. The molecule has 0 spiro atoms. The Hall–Kier alpha value is -3.42. The summed E-state index contributed by atoms with van der Waals surface area (Å²) in [6.45, 7) is 4.99. The quantitative estimate of drug-likeness (QED) is 0.326. The molecule has 0 saturated carbocycles. The Labute approximate surface area is 194 Å². The summed E-state index contributed by atoms with van der Waals surface area (Å²) in [6, 6.07) is 16.9. The van der Waals surface area contributed by atoms with Gasteiger partial charge in [0.15, 0.2) is 0 Å². The number of carboxylic acid groups (broad SMARTS) is 1. The topological polar surface area (TPSA) is 118 Å². The third-order valence-corrected chi connectivity index (χ3v) is 5.21. The van der Waals surface area contributed by atoms with Gasteiger partial charge in [0.1, 0.15) is 17.1 Å². The minimum atomic E-state index is -1.00. The third kappa shape index (κ3) is 7.03. The van der Waals surface area contributed by atoms with E-state index in [0.717, 1.165) is 36.1 Å². The molecule has 7 heteroatoms. The largest absolute Gasteiger partial charge is 0.490 e. The van der Waals surface area contributed by atoms with Crippen LogP contribution in [0.4, 0.5) is 5.82 Å². The second-order valence-electron chi connectivity index (χ2n) is 8.22. The summed E-state index contributed by atoms with van der Waals surface area (Å²) in [6.07, 6.45) is 2.71. The SMILES string of the molecule is CC(C)Oc1cc(-c2ccc(CCCNC[C@H](O)c3ccc(N)nc3)cc2)ccc1C(=O)O. The first-order chi connectivity index (χ1) is 15.8. The highest BCUT2D eigenvalue weighted by atomic mass is 16.5. The summed E-state index contributed by atoms with van der Waals surface area (Å²) in [5, 5.41) is 22.9. The molecule has 1 atom stereocenters. The standard InChI is InChI=1S/C26H31N3O4/c1-17(2)33-24-14-20(9-11-22(24)26(31)32)19-7-5-18(6-8-19)4-3-13-28-16-23(30)21-10-12-25(27)29-15-21/h5-12,14-15,17,23,28,30H,3-4,13,16H2,1-2H3,(H2,27,29)(H,31,32)/t23-/m0/s1. The van der Waals surface area contributed by atoms with Gasteiger partial charge in [-0.15, -0.1) is 0 Å². The van der Waals surface area contributed by atoms with Gasteiger partial charge < -0.3 is 26.0 Å².